The first kappa shape index (κ1) is 28.2. The maximum Gasteiger partial charge on any atom is 0.254 e. The molecule has 1 aliphatic rings. The Bertz CT molecular complexity index is 2020. The third-order valence-electron chi connectivity index (χ3n) is 7.36. The molecule has 4 aromatic heterocycles. The number of benzene rings is 2. The second-order valence-corrected chi connectivity index (χ2v) is 10.1. The van der Waals surface area contributed by atoms with Crippen LogP contribution < -0.4 is 11.1 Å². The number of phenols is 1. The molecule has 0 spiro atoms. The molecule has 0 aliphatic heterocycles. The van der Waals surface area contributed by atoms with Crippen molar-refractivity contribution in [2.24, 2.45) is 0 Å². The van der Waals surface area contributed by atoms with Gasteiger partial charge >= 0.3 is 0 Å². The van der Waals surface area contributed by atoms with Crippen molar-refractivity contribution in [3.8, 4) is 28.6 Å². The molecule has 44 heavy (non-hydrogen) atoms. The molecule has 11 nitrogen and oxygen atoms in total. The molecular formula is C32H27FN8O3. The summed E-state index contributed by atoms with van der Waals surface area (Å²) < 4.78 is 16.9. The van der Waals surface area contributed by atoms with Crippen LogP contribution in [-0.4, -0.2) is 53.6 Å². The minimum atomic E-state index is -0.868. The van der Waals surface area contributed by atoms with E-state index in [9.17, 15) is 14.0 Å². The predicted octanol–water partition coefficient (Wildman–Crippen LogP) is 4.44. The molecule has 6 aromatic rings. The standard InChI is InChI=1S/C23H19N7.C9H8FNO3/c24-21-18(6-2-11-25-21)22-27-19-9-10-20(29-13-3-12-26-29)28-23(19)30(22)17-8-7-15-4-1-5-16(15)14-17;1-11-9(14)6-2-5(4-12)8(13)3-7(6)10/h2-3,6-14H,1,4-5H2,(H2,24,25);2-4,13H,1H3,(H,11,14). The Hall–Kier alpha value is -5.91. The van der Waals surface area contributed by atoms with Gasteiger partial charge in [-0.15, -0.1) is 0 Å². The molecule has 0 bridgehead atoms. The number of nitrogens with zero attached hydrogens (tertiary/aromatic N) is 6. The summed E-state index contributed by atoms with van der Waals surface area (Å²) in [5, 5.41) is 15.6. The number of anilines is 1. The third-order valence-corrected chi connectivity index (χ3v) is 7.36. The van der Waals surface area contributed by atoms with Gasteiger partial charge < -0.3 is 16.2 Å². The zero-order valence-corrected chi connectivity index (χ0v) is 23.6. The number of aromatic hydroxyl groups is 1. The molecule has 7 rings (SSSR count). The van der Waals surface area contributed by atoms with Gasteiger partial charge in [-0.1, -0.05) is 6.07 Å². The normalized spacial score (nSPS) is 12.0. The summed E-state index contributed by atoms with van der Waals surface area (Å²) in [5.41, 5.74) is 12.0. The first-order valence-corrected chi connectivity index (χ1v) is 13.8. The van der Waals surface area contributed by atoms with Crippen LogP contribution in [0, 0.1) is 5.82 Å². The van der Waals surface area contributed by atoms with E-state index in [1.54, 1.807) is 17.1 Å². The second-order valence-electron chi connectivity index (χ2n) is 10.1. The molecule has 220 valence electrons. The van der Waals surface area contributed by atoms with Gasteiger partial charge in [0.15, 0.2) is 23.6 Å². The Morgan fingerprint density at radius 3 is 2.64 bits per heavy atom. The maximum atomic E-state index is 13.1. The van der Waals surface area contributed by atoms with Gasteiger partial charge in [0, 0.05) is 37.4 Å². The van der Waals surface area contributed by atoms with Crippen molar-refractivity contribution in [3.63, 3.8) is 0 Å². The first-order valence-electron chi connectivity index (χ1n) is 13.8. The number of aldehydes is 1. The molecule has 4 heterocycles. The lowest BCUT2D eigenvalue weighted by Crippen LogP contribution is -2.19. The molecule has 0 fully saturated rings. The number of hydrogen-bond acceptors (Lipinski definition) is 8. The fourth-order valence-electron chi connectivity index (χ4n) is 5.19. The topological polar surface area (TPSA) is 154 Å². The average molecular weight is 591 g/mol. The van der Waals surface area contributed by atoms with Crippen LogP contribution in [0.2, 0.25) is 0 Å². The van der Waals surface area contributed by atoms with E-state index in [0.717, 1.165) is 59.0 Å². The number of rotatable bonds is 5. The molecule has 0 atom stereocenters. The third kappa shape index (κ3) is 5.24. The zero-order chi connectivity index (χ0) is 30.8. The van der Waals surface area contributed by atoms with Gasteiger partial charge in [0.1, 0.15) is 22.9 Å². The van der Waals surface area contributed by atoms with E-state index in [0.29, 0.717) is 12.1 Å². The van der Waals surface area contributed by atoms with Crippen molar-refractivity contribution >= 4 is 29.2 Å². The Labute approximate surface area is 250 Å². The molecule has 0 saturated carbocycles. The zero-order valence-electron chi connectivity index (χ0n) is 23.6. The first-order chi connectivity index (χ1) is 21.4. The summed E-state index contributed by atoms with van der Waals surface area (Å²) in [7, 11) is 1.34. The highest BCUT2D eigenvalue weighted by Crippen LogP contribution is 2.33. The Kier molecular flexibility index (Phi) is 7.54. The van der Waals surface area contributed by atoms with Crippen molar-refractivity contribution in [2.45, 2.75) is 19.3 Å². The van der Waals surface area contributed by atoms with Crippen LogP contribution in [0.1, 0.15) is 38.3 Å². The number of hydrogen-bond donors (Lipinski definition) is 3. The smallest absolute Gasteiger partial charge is 0.254 e. The summed E-state index contributed by atoms with van der Waals surface area (Å²) in [4.78, 5) is 35.5. The fourth-order valence-corrected chi connectivity index (χ4v) is 5.19. The number of nitrogens with one attached hydrogen (secondary N) is 1. The number of pyridine rings is 2. The minimum Gasteiger partial charge on any atom is -0.507 e. The summed E-state index contributed by atoms with van der Waals surface area (Å²) in [5.74, 6) is -0.0788. The van der Waals surface area contributed by atoms with E-state index in [2.05, 4.69) is 38.2 Å². The number of nitrogens with two attached hydrogens (primary N) is 1. The number of phenolic OH excluding ortho intramolecular Hbond substituents is 1. The van der Waals surface area contributed by atoms with Gasteiger partial charge in [0.2, 0.25) is 0 Å². The molecule has 1 aliphatic carbocycles. The van der Waals surface area contributed by atoms with Crippen LogP contribution in [0.15, 0.2) is 79.3 Å². The largest absolute Gasteiger partial charge is 0.507 e. The lowest BCUT2D eigenvalue weighted by Gasteiger charge is -2.12. The van der Waals surface area contributed by atoms with Gasteiger partial charge in [0.05, 0.1) is 16.7 Å². The lowest BCUT2D eigenvalue weighted by atomic mass is 10.1. The van der Waals surface area contributed by atoms with Crippen LogP contribution in [0.3, 0.4) is 0 Å². The van der Waals surface area contributed by atoms with E-state index in [1.165, 1.54) is 24.6 Å². The molecule has 0 radical (unpaired) electrons. The Balaban J connectivity index is 0.000000208. The molecular weight excluding hydrogens is 563 g/mol. The Morgan fingerprint density at radius 2 is 1.89 bits per heavy atom. The summed E-state index contributed by atoms with van der Waals surface area (Å²) in [6, 6.07) is 17.9. The summed E-state index contributed by atoms with van der Waals surface area (Å²) >= 11 is 0. The van der Waals surface area contributed by atoms with E-state index >= 15 is 0 Å². The Morgan fingerprint density at radius 1 is 1.05 bits per heavy atom. The SMILES string of the molecule is CNC(=O)c1cc(C=O)c(O)cc1F.Nc1ncccc1-c1nc2ccc(-n3cccn3)nc2n1-c1ccc2c(c1)CCC2. The van der Waals surface area contributed by atoms with Gasteiger partial charge in [-0.3, -0.25) is 14.2 Å². The molecule has 12 heteroatoms. The van der Waals surface area contributed by atoms with E-state index in [1.807, 2.05) is 36.5 Å². The van der Waals surface area contributed by atoms with Crippen molar-refractivity contribution in [3.05, 3.63) is 107 Å². The van der Waals surface area contributed by atoms with Crippen molar-refractivity contribution in [1.82, 2.24) is 34.6 Å². The highest BCUT2D eigenvalue weighted by atomic mass is 19.1. The van der Waals surface area contributed by atoms with E-state index in [4.69, 9.17) is 20.8 Å². The number of aryl methyl sites for hydroxylation is 2. The number of nitrogen functional groups attached to an aromatic ring is 1. The van der Waals surface area contributed by atoms with Gasteiger partial charge in [-0.25, -0.2) is 24.0 Å². The molecule has 0 saturated heterocycles. The number of fused-ring (bicyclic) bond motifs is 2. The van der Waals surface area contributed by atoms with E-state index < -0.39 is 17.5 Å². The van der Waals surface area contributed by atoms with Gasteiger partial charge in [0.25, 0.3) is 5.91 Å². The van der Waals surface area contributed by atoms with Crippen molar-refractivity contribution in [1.29, 1.82) is 0 Å². The molecule has 4 N–H and O–H groups in total. The number of carbonyl (C=O) groups excluding carboxylic acids is 2. The lowest BCUT2D eigenvalue weighted by molar-refractivity contribution is 0.0959. The van der Waals surface area contributed by atoms with Crippen LogP contribution in [-0.2, 0) is 12.8 Å². The van der Waals surface area contributed by atoms with Crippen LogP contribution in [0.25, 0.3) is 34.1 Å². The monoisotopic (exact) mass is 590 g/mol. The predicted molar refractivity (Wildman–Crippen MR) is 162 cm³/mol. The van der Waals surface area contributed by atoms with Gasteiger partial charge in [-0.05, 0) is 78.9 Å². The fraction of sp³-hybridized carbons (Fsp3) is 0.125. The van der Waals surface area contributed by atoms with Crippen LogP contribution >= 0.6 is 0 Å². The van der Waals surface area contributed by atoms with Crippen molar-refractivity contribution in [2.75, 3.05) is 12.8 Å². The summed E-state index contributed by atoms with van der Waals surface area (Å²) in [6.07, 6.45) is 9.11. The van der Waals surface area contributed by atoms with Crippen molar-refractivity contribution < 1.29 is 19.1 Å². The number of carbonyl (C=O) groups is 2. The second kappa shape index (κ2) is 11.8. The number of imidazole rings is 1. The highest BCUT2D eigenvalue weighted by molar-refractivity contribution is 5.96. The summed E-state index contributed by atoms with van der Waals surface area (Å²) in [6.45, 7) is 0. The van der Waals surface area contributed by atoms with E-state index in [-0.39, 0.29) is 11.1 Å². The van der Waals surface area contributed by atoms with Crippen LogP contribution in [0.4, 0.5) is 10.2 Å². The quantitative estimate of drug-likeness (QED) is 0.249. The molecule has 1 amide bonds. The number of halogens is 1. The molecule has 2 aromatic carbocycles. The number of aromatic nitrogens is 6. The van der Waals surface area contributed by atoms with Crippen LogP contribution in [0.5, 0.6) is 5.75 Å². The maximum absolute atomic E-state index is 13.1. The number of amides is 1. The molecule has 0 unspecified atom stereocenters. The average Bonchev–Trinajstić information content (AvgIpc) is 3.81. The van der Waals surface area contributed by atoms with Gasteiger partial charge in [-0.2, -0.15) is 5.10 Å². The highest BCUT2D eigenvalue weighted by Gasteiger charge is 2.20. The minimum absolute atomic E-state index is 0.120.